The average molecular weight is 279 g/mol. The maximum Gasteiger partial charge on any atom is 0.199 e. The van der Waals surface area contributed by atoms with Gasteiger partial charge in [-0.05, 0) is 0 Å². The zero-order valence-electron chi connectivity index (χ0n) is 5.77. The molecule has 0 aliphatic carbocycles. The summed E-state index contributed by atoms with van der Waals surface area (Å²) in [4.78, 5) is 0. The minimum absolute atomic E-state index is 1.03. The van der Waals surface area contributed by atoms with Gasteiger partial charge in [-0.25, -0.2) is 0 Å². The fourth-order valence-electron chi connectivity index (χ4n) is 0.161. The van der Waals surface area contributed by atoms with Crippen molar-refractivity contribution >= 4 is 69.6 Å². The zero-order chi connectivity index (χ0) is 9.50. The third kappa shape index (κ3) is 2.86. The van der Waals surface area contributed by atoms with E-state index in [4.69, 9.17) is 69.6 Å². The molecule has 0 saturated carbocycles. The van der Waals surface area contributed by atoms with Gasteiger partial charge in [-0.15, -0.1) is 0 Å². The molecule has 0 fully saturated rings. The van der Waals surface area contributed by atoms with E-state index >= 15 is 0 Å². The Kier molecular flexibility index (Phi) is 4.02. The van der Waals surface area contributed by atoms with Crippen molar-refractivity contribution in [3.63, 3.8) is 0 Å². The van der Waals surface area contributed by atoms with Crippen LogP contribution in [-0.4, -0.2) is 7.59 Å². The van der Waals surface area contributed by atoms with Crippen LogP contribution in [0.15, 0.2) is 0 Å². The van der Waals surface area contributed by atoms with Crippen LogP contribution in [0, 0.1) is 5.41 Å². The summed E-state index contributed by atoms with van der Waals surface area (Å²) in [5, 5.41) is 0. The quantitative estimate of drug-likeness (QED) is 0.561. The predicted molar refractivity (Wildman–Crippen MR) is 54.4 cm³/mol. The normalized spacial score (nSPS) is 15.3. The highest BCUT2D eigenvalue weighted by Gasteiger charge is 2.53. The Balaban J connectivity index is 4.75. The minimum atomic E-state index is -1.60. The van der Waals surface area contributed by atoms with Crippen molar-refractivity contribution in [2.24, 2.45) is 5.41 Å². The fraction of sp³-hybridized carbons (Fsp3) is 1.00. The summed E-state index contributed by atoms with van der Waals surface area (Å²) in [5.41, 5.74) is -1.03. The van der Waals surface area contributed by atoms with Crippen molar-refractivity contribution in [1.29, 1.82) is 0 Å². The van der Waals surface area contributed by atoms with Crippen LogP contribution in [0.4, 0.5) is 0 Å². The number of halogens is 6. The first-order chi connectivity index (χ1) is 4.50. The first-order valence-electron chi connectivity index (χ1n) is 2.63. The molecule has 68 valence electrons. The lowest BCUT2D eigenvalue weighted by atomic mass is 9.98. The van der Waals surface area contributed by atoms with Gasteiger partial charge in [0, 0.05) is 0 Å². The van der Waals surface area contributed by atoms with Crippen LogP contribution in [-0.2, 0) is 0 Å². The smallest absolute Gasteiger partial charge is 0.0829 e. The maximum atomic E-state index is 5.59. The summed E-state index contributed by atoms with van der Waals surface area (Å²) in [6.45, 7) is 3.12. The predicted octanol–water partition coefficient (Wildman–Crippen LogP) is 4.75. The Labute approximate surface area is 96.0 Å². The van der Waals surface area contributed by atoms with E-state index in [2.05, 4.69) is 0 Å². The molecule has 11 heavy (non-hydrogen) atoms. The summed E-state index contributed by atoms with van der Waals surface area (Å²) >= 11 is 33.5. The van der Waals surface area contributed by atoms with E-state index in [-0.39, 0.29) is 0 Å². The molecule has 0 heterocycles. The second kappa shape index (κ2) is 3.48. The summed E-state index contributed by atoms with van der Waals surface area (Å²) < 4.78 is -3.20. The molecule has 0 atom stereocenters. The van der Waals surface area contributed by atoms with E-state index in [9.17, 15) is 0 Å². The van der Waals surface area contributed by atoms with Crippen LogP contribution in [0.5, 0.6) is 0 Å². The van der Waals surface area contributed by atoms with Gasteiger partial charge in [0.1, 0.15) is 0 Å². The van der Waals surface area contributed by atoms with Gasteiger partial charge in [0.25, 0.3) is 0 Å². The number of rotatable bonds is 0. The minimum Gasteiger partial charge on any atom is -0.0829 e. The van der Waals surface area contributed by atoms with Crippen molar-refractivity contribution in [2.75, 3.05) is 0 Å². The highest BCUT2D eigenvalue weighted by atomic mass is 35.6. The third-order valence-electron chi connectivity index (χ3n) is 1.42. The van der Waals surface area contributed by atoms with E-state index in [1.165, 1.54) is 0 Å². The number of hydrogen-bond donors (Lipinski definition) is 0. The highest BCUT2D eigenvalue weighted by molar-refractivity contribution is 6.73. The first kappa shape index (κ1) is 12.7. The molecule has 0 aromatic carbocycles. The lowest BCUT2D eigenvalue weighted by Crippen LogP contribution is -2.41. The molecular weight excluding hydrogens is 273 g/mol. The molecule has 0 aliphatic rings. The van der Waals surface area contributed by atoms with Gasteiger partial charge >= 0.3 is 0 Å². The Morgan fingerprint density at radius 3 is 0.818 bits per heavy atom. The molecule has 0 saturated heterocycles. The third-order valence-corrected chi connectivity index (χ3v) is 4.25. The number of hydrogen-bond acceptors (Lipinski definition) is 0. The molecule has 0 aromatic rings. The van der Waals surface area contributed by atoms with E-state index in [1.807, 2.05) is 0 Å². The molecule has 0 amide bonds. The molecule has 0 aliphatic heterocycles. The van der Waals surface area contributed by atoms with Gasteiger partial charge in [0.15, 0.2) is 7.59 Å². The van der Waals surface area contributed by atoms with E-state index < -0.39 is 13.0 Å². The summed E-state index contributed by atoms with van der Waals surface area (Å²) in [6.07, 6.45) is 0. The van der Waals surface area contributed by atoms with Crippen molar-refractivity contribution < 1.29 is 0 Å². The van der Waals surface area contributed by atoms with Crippen molar-refractivity contribution in [2.45, 2.75) is 21.4 Å². The van der Waals surface area contributed by atoms with E-state index in [1.54, 1.807) is 13.8 Å². The largest absolute Gasteiger partial charge is 0.199 e. The summed E-state index contributed by atoms with van der Waals surface area (Å²) in [5.74, 6) is 0. The molecule has 0 spiro atoms. The van der Waals surface area contributed by atoms with Gasteiger partial charge in [-0.1, -0.05) is 83.5 Å². The zero-order valence-corrected chi connectivity index (χ0v) is 10.3. The number of alkyl halides is 6. The van der Waals surface area contributed by atoms with Crippen molar-refractivity contribution in [3.05, 3.63) is 0 Å². The van der Waals surface area contributed by atoms with Gasteiger partial charge in [0.2, 0.25) is 0 Å². The van der Waals surface area contributed by atoms with Crippen LogP contribution < -0.4 is 0 Å². The topological polar surface area (TPSA) is 0 Å². The van der Waals surface area contributed by atoms with E-state index in [0.29, 0.717) is 0 Å². The van der Waals surface area contributed by atoms with Crippen molar-refractivity contribution in [3.8, 4) is 0 Å². The Hall–Kier alpha value is 1.74. The van der Waals surface area contributed by atoms with Crippen molar-refractivity contribution in [1.82, 2.24) is 0 Å². The summed E-state index contributed by atoms with van der Waals surface area (Å²) in [6, 6.07) is 0. The van der Waals surface area contributed by atoms with E-state index in [0.717, 1.165) is 0 Å². The fourth-order valence-corrected chi connectivity index (χ4v) is 1.45. The molecule has 0 radical (unpaired) electrons. The van der Waals surface area contributed by atoms with Crippen LogP contribution in [0.2, 0.25) is 0 Å². The van der Waals surface area contributed by atoms with Crippen LogP contribution in [0.1, 0.15) is 13.8 Å². The van der Waals surface area contributed by atoms with Crippen LogP contribution in [0.3, 0.4) is 0 Å². The van der Waals surface area contributed by atoms with Gasteiger partial charge in [-0.2, -0.15) is 0 Å². The van der Waals surface area contributed by atoms with Gasteiger partial charge in [-0.3, -0.25) is 0 Å². The van der Waals surface area contributed by atoms with Crippen LogP contribution >= 0.6 is 69.6 Å². The summed E-state index contributed by atoms with van der Waals surface area (Å²) in [7, 11) is 0. The molecule has 0 aromatic heterocycles. The van der Waals surface area contributed by atoms with Crippen LogP contribution in [0.25, 0.3) is 0 Å². The second-order valence-corrected chi connectivity index (χ2v) is 7.18. The SMILES string of the molecule is CC(C)(C(Cl)(Cl)Cl)C(Cl)(Cl)Cl. The molecule has 6 heteroatoms. The maximum absolute atomic E-state index is 5.59. The molecule has 0 rings (SSSR count). The second-order valence-electron chi connectivity index (χ2n) is 2.62. The molecule has 0 nitrogen and oxygen atoms in total. The monoisotopic (exact) mass is 276 g/mol. The Bertz CT molecular complexity index is 122. The average Bonchev–Trinajstić information content (AvgIpc) is 1.58. The molecule has 0 N–H and O–H groups in total. The Morgan fingerprint density at radius 1 is 0.636 bits per heavy atom. The van der Waals surface area contributed by atoms with Gasteiger partial charge < -0.3 is 0 Å². The molecule has 0 bridgehead atoms. The highest BCUT2D eigenvalue weighted by Crippen LogP contribution is 2.56. The van der Waals surface area contributed by atoms with Gasteiger partial charge in [0.05, 0.1) is 5.41 Å². The lowest BCUT2D eigenvalue weighted by Gasteiger charge is -2.38. The molecular formula is C5H6Cl6. The molecule has 0 unspecified atom stereocenters. The standard InChI is InChI=1S/C5H6Cl6/c1-3(2,4(6,7)8)5(9,10)11/h1-2H3. The lowest BCUT2D eigenvalue weighted by molar-refractivity contribution is 0.382. The Morgan fingerprint density at radius 2 is 0.818 bits per heavy atom. The first-order valence-corrected chi connectivity index (χ1v) is 4.90.